The predicted molar refractivity (Wildman–Crippen MR) is 134 cm³/mol. The van der Waals surface area contributed by atoms with Crippen molar-refractivity contribution in [2.45, 2.75) is 44.7 Å². The number of nitrogen functional groups attached to an aromatic ring is 1. The van der Waals surface area contributed by atoms with Gasteiger partial charge in [0.1, 0.15) is 11.6 Å². The first-order valence-corrected chi connectivity index (χ1v) is 12.6. The Labute approximate surface area is 207 Å². The zero-order valence-electron chi connectivity index (χ0n) is 20.2. The van der Waals surface area contributed by atoms with Crippen molar-refractivity contribution in [2.24, 2.45) is 5.92 Å². The van der Waals surface area contributed by atoms with Gasteiger partial charge in [-0.25, -0.2) is 14.6 Å². The summed E-state index contributed by atoms with van der Waals surface area (Å²) >= 11 is 0. The lowest BCUT2D eigenvalue weighted by Gasteiger charge is -2.35. The number of fused-ring (bicyclic) bond motifs is 2. The highest BCUT2D eigenvalue weighted by Gasteiger charge is 2.42. The molecule has 0 saturated carbocycles. The number of nitrogens with two attached hydrogens (primary N) is 1. The number of benzene rings is 1. The van der Waals surface area contributed by atoms with E-state index in [2.05, 4.69) is 33.0 Å². The quantitative estimate of drug-likeness (QED) is 0.413. The SMILES string of the molecule is Nn1c(CCCCN2CCN(c3ccc4ccccc4n3)CC2)nc2c(c1=O)CC(C(F)(F)F)CC2. The molecule has 1 unspecified atom stereocenters. The molecule has 7 nitrogen and oxygen atoms in total. The molecule has 0 bridgehead atoms. The molecule has 0 amide bonds. The summed E-state index contributed by atoms with van der Waals surface area (Å²) in [5, 5.41) is 1.14. The summed E-state index contributed by atoms with van der Waals surface area (Å²) < 4.78 is 40.3. The third kappa shape index (κ3) is 5.18. The second kappa shape index (κ2) is 10.1. The van der Waals surface area contributed by atoms with Crippen LogP contribution in [0.3, 0.4) is 0 Å². The summed E-state index contributed by atoms with van der Waals surface area (Å²) in [4.78, 5) is 26.6. The molecule has 1 aromatic carbocycles. The number of hydrogen-bond donors (Lipinski definition) is 1. The van der Waals surface area contributed by atoms with Crippen molar-refractivity contribution in [1.82, 2.24) is 19.5 Å². The first-order chi connectivity index (χ1) is 17.3. The Kier molecular flexibility index (Phi) is 6.87. The molecule has 10 heteroatoms. The van der Waals surface area contributed by atoms with Gasteiger partial charge in [0.15, 0.2) is 0 Å². The highest BCUT2D eigenvalue weighted by molar-refractivity contribution is 5.80. The molecule has 192 valence electrons. The number of pyridine rings is 1. The molecule has 3 heterocycles. The second-order valence-electron chi connectivity index (χ2n) is 9.76. The van der Waals surface area contributed by atoms with E-state index < -0.39 is 17.7 Å². The molecule has 5 rings (SSSR count). The van der Waals surface area contributed by atoms with Crippen molar-refractivity contribution in [3.8, 4) is 0 Å². The molecule has 1 aliphatic carbocycles. The molecule has 1 atom stereocenters. The van der Waals surface area contributed by atoms with Gasteiger partial charge in [-0.15, -0.1) is 0 Å². The third-order valence-corrected chi connectivity index (χ3v) is 7.42. The number of halogens is 3. The molecule has 0 spiro atoms. The van der Waals surface area contributed by atoms with E-state index in [-0.39, 0.29) is 24.8 Å². The molecule has 0 radical (unpaired) electrons. The first-order valence-electron chi connectivity index (χ1n) is 12.6. The van der Waals surface area contributed by atoms with Crippen LogP contribution in [0.1, 0.15) is 36.3 Å². The van der Waals surface area contributed by atoms with Gasteiger partial charge < -0.3 is 10.7 Å². The van der Waals surface area contributed by atoms with Gasteiger partial charge in [-0.3, -0.25) is 9.69 Å². The smallest absolute Gasteiger partial charge is 0.354 e. The van der Waals surface area contributed by atoms with Crippen LogP contribution in [-0.2, 0) is 19.3 Å². The molecular weight excluding hydrogens is 469 g/mol. The van der Waals surface area contributed by atoms with Gasteiger partial charge in [0.05, 0.1) is 17.1 Å². The summed E-state index contributed by atoms with van der Waals surface area (Å²) in [7, 11) is 0. The monoisotopic (exact) mass is 500 g/mol. The van der Waals surface area contributed by atoms with Crippen LogP contribution >= 0.6 is 0 Å². The lowest BCUT2D eigenvalue weighted by Crippen LogP contribution is -2.46. The number of piperazine rings is 1. The van der Waals surface area contributed by atoms with Crippen LogP contribution < -0.4 is 16.3 Å². The first kappa shape index (κ1) is 24.5. The Morgan fingerprint density at radius 2 is 1.78 bits per heavy atom. The van der Waals surface area contributed by atoms with Crippen LogP contribution in [-0.4, -0.2) is 58.4 Å². The predicted octanol–water partition coefficient (Wildman–Crippen LogP) is 3.32. The van der Waals surface area contributed by atoms with Crippen LogP contribution in [0.25, 0.3) is 10.9 Å². The van der Waals surface area contributed by atoms with E-state index in [4.69, 9.17) is 10.8 Å². The zero-order chi connectivity index (χ0) is 25.3. The van der Waals surface area contributed by atoms with E-state index in [0.717, 1.165) is 67.0 Å². The lowest BCUT2D eigenvalue weighted by molar-refractivity contribution is -0.177. The van der Waals surface area contributed by atoms with Crippen LogP contribution in [0.5, 0.6) is 0 Å². The number of hydrogen-bond acceptors (Lipinski definition) is 6. The number of aryl methyl sites for hydroxylation is 2. The summed E-state index contributed by atoms with van der Waals surface area (Å²) in [5.41, 5.74) is 1.07. The normalized spacial score (nSPS) is 19.0. The summed E-state index contributed by atoms with van der Waals surface area (Å²) in [6.45, 7) is 4.67. The molecule has 1 fully saturated rings. The summed E-state index contributed by atoms with van der Waals surface area (Å²) in [5.74, 6) is 5.90. The van der Waals surface area contributed by atoms with E-state index in [0.29, 0.717) is 17.9 Å². The van der Waals surface area contributed by atoms with Crippen LogP contribution in [0.15, 0.2) is 41.2 Å². The molecule has 2 aliphatic rings. The van der Waals surface area contributed by atoms with E-state index in [1.165, 1.54) is 0 Å². The van der Waals surface area contributed by atoms with Gasteiger partial charge in [-0.1, -0.05) is 18.2 Å². The van der Waals surface area contributed by atoms with Crippen molar-refractivity contribution in [2.75, 3.05) is 43.5 Å². The Balaban J connectivity index is 1.11. The standard InChI is InChI=1S/C26H31F3N6O/c27-26(28,29)19-9-10-22-20(17-19)25(36)35(30)24(32-22)7-3-4-12-33-13-15-34(16-14-33)23-11-8-18-5-1-2-6-21(18)31-23/h1-2,5-6,8,11,19H,3-4,7,9-10,12-17,30H2. The molecule has 36 heavy (non-hydrogen) atoms. The molecule has 3 aromatic rings. The Morgan fingerprint density at radius 3 is 2.56 bits per heavy atom. The minimum atomic E-state index is -4.31. The highest BCUT2D eigenvalue weighted by atomic mass is 19.4. The Bertz CT molecular complexity index is 1280. The van der Waals surface area contributed by atoms with Crippen LogP contribution in [0.2, 0.25) is 0 Å². The molecule has 2 aromatic heterocycles. The van der Waals surface area contributed by atoms with Gasteiger partial charge in [0.2, 0.25) is 0 Å². The van der Waals surface area contributed by atoms with Crippen molar-refractivity contribution >= 4 is 16.7 Å². The maximum absolute atomic E-state index is 13.1. The van der Waals surface area contributed by atoms with Gasteiger partial charge in [-0.05, 0) is 56.8 Å². The fourth-order valence-corrected chi connectivity index (χ4v) is 5.24. The molecular formula is C26H31F3N6O. The Hall–Kier alpha value is -3.14. The number of anilines is 1. The van der Waals surface area contributed by atoms with E-state index >= 15 is 0 Å². The van der Waals surface area contributed by atoms with E-state index in [9.17, 15) is 18.0 Å². The Morgan fingerprint density at radius 1 is 1.00 bits per heavy atom. The largest absolute Gasteiger partial charge is 0.392 e. The third-order valence-electron chi connectivity index (χ3n) is 7.42. The molecule has 1 saturated heterocycles. The minimum Gasteiger partial charge on any atom is -0.354 e. The molecule has 1 aliphatic heterocycles. The second-order valence-corrected chi connectivity index (χ2v) is 9.76. The number of alkyl halides is 3. The van der Waals surface area contributed by atoms with Gasteiger partial charge in [-0.2, -0.15) is 13.2 Å². The maximum Gasteiger partial charge on any atom is 0.392 e. The zero-order valence-corrected chi connectivity index (χ0v) is 20.2. The van der Waals surface area contributed by atoms with Gasteiger partial charge in [0.25, 0.3) is 5.56 Å². The summed E-state index contributed by atoms with van der Waals surface area (Å²) in [6, 6.07) is 12.3. The molecule has 2 N–H and O–H groups in total. The average molecular weight is 501 g/mol. The van der Waals surface area contributed by atoms with Crippen molar-refractivity contribution in [3.05, 3.63) is 63.8 Å². The van der Waals surface area contributed by atoms with Crippen LogP contribution in [0, 0.1) is 5.92 Å². The number of para-hydroxylation sites is 1. The van der Waals surface area contributed by atoms with E-state index in [1.54, 1.807) is 0 Å². The van der Waals surface area contributed by atoms with Gasteiger partial charge in [0, 0.05) is 43.5 Å². The number of unbranched alkanes of at least 4 members (excludes halogenated alkanes) is 1. The minimum absolute atomic E-state index is 0.0301. The number of aromatic nitrogens is 3. The van der Waals surface area contributed by atoms with Crippen molar-refractivity contribution < 1.29 is 13.2 Å². The fraction of sp³-hybridized carbons (Fsp3) is 0.500. The van der Waals surface area contributed by atoms with Crippen LogP contribution in [0.4, 0.5) is 19.0 Å². The number of nitrogens with zero attached hydrogens (tertiary/aromatic N) is 5. The lowest BCUT2D eigenvalue weighted by atomic mass is 9.86. The topological polar surface area (TPSA) is 80.3 Å². The van der Waals surface area contributed by atoms with Crippen molar-refractivity contribution in [3.63, 3.8) is 0 Å². The maximum atomic E-state index is 13.1. The van der Waals surface area contributed by atoms with Crippen molar-refractivity contribution in [1.29, 1.82) is 0 Å². The van der Waals surface area contributed by atoms with E-state index in [1.807, 2.05) is 18.2 Å². The fourth-order valence-electron chi connectivity index (χ4n) is 5.24. The van der Waals surface area contributed by atoms with Gasteiger partial charge >= 0.3 is 6.18 Å². The highest BCUT2D eigenvalue weighted by Crippen LogP contribution is 2.35. The average Bonchev–Trinajstić information content (AvgIpc) is 2.88. The summed E-state index contributed by atoms with van der Waals surface area (Å²) in [6.07, 6.45) is -2.24. The number of rotatable bonds is 6.